The molecule has 0 fully saturated rings. The van der Waals surface area contributed by atoms with Gasteiger partial charge < -0.3 is 4.74 Å². The zero-order valence-electron chi connectivity index (χ0n) is 7.68. The van der Waals surface area contributed by atoms with Crippen LogP contribution in [0.2, 0.25) is 0 Å². The fraction of sp³-hybridized carbons (Fsp3) is 0. The van der Waals surface area contributed by atoms with Gasteiger partial charge in [0.25, 0.3) is 0 Å². The van der Waals surface area contributed by atoms with Gasteiger partial charge in [0.2, 0.25) is 0 Å². The topological polar surface area (TPSA) is 9.23 Å². The fourth-order valence-corrected chi connectivity index (χ4v) is 1.11. The quantitative estimate of drug-likeness (QED) is 0.708. The first-order valence-corrected chi connectivity index (χ1v) is 4.47. The predicted octanol–water partition coefficient (Wildman–Crippen LogP) is 3.08. The molecule has 0 heterocycles. The first-order valence-electron chi connectivity index (χ1n) is 4.47. The van der Waals surface area contributed by atoms with E-state index in [1.165, 1.54) is 0 Å². The molecule has 2 aromatic rings. The van der Waals surface area contributed by atoms with Gasteiger partial charge >= 0.3 is 0 Å². The lowest BCUT2D eigenvalue weighted by atomic mass is 10.2. The maximum Gasteiger partial charge on any atom is 0.165 e. The van der Waals surface area contributed by atoms with Crippen LogP contribution in [-0.4, -0.2) is 0 Å². The molecular weight excluding hydrogens is 172 g/mol. The maximum absolute atomic E-state index is 5.44. The minimum atomic E-state index is 0.838. The van der Waals surface area contributed by atoms with Crippen molar-refractivity contribution in [2.45, 2.75) is 0 Å². The Bertz CT molecular complexity index is 327. The first kappa shape index (κ1) is 8.82. The standard InChI is InChI=1S/C13H10O/c1-3-7-12(8-4-1)11-14-13-9-5-2-6-10-13/h1-7,9-11H. The van der Waals surface area contributed by atoms with Crippen LogP contribution in [0.1, 0.15) is 5.56 Å². The van der Waals surface area contributed by atoms with Gasteiger partial charge in [-0.3, -0.25) is 0 Å². The highest BCUT2D eigenvalue weighted by atomic mass is 16.5. The zero-order valence-corrected chi connectivity index (χ0v) is 7.68. The van der Waals surface area contributed by atoms with Crippen molar-refractivity contribution in [3.8, 4) is 5.75 Å². The summed E-state index contributed by atoms with van der Waals surface area (Å²) in [5.74, 6) is 0.838. The number of ether oxygens (including phenoxy) is 1. The van der Waals surface area contributed by atoms with Crippen molar-refractivity contribution >= 4 is 0 Å². The Morgan fingerprint density at radius 2 is 1.71 bits per heavy atom. The van der Waals surface area contributed by atoms with Crippen LogP contribution in [0, 0.1) is 12.7 Å². The van der Waals surface area contributed by atoms with Crippen LogP contribution in [0.25, 0.3) is 0 Å². The van der Waals surface area contributed by atoms with Crippen molar-refractivity contribution in [3.05, 3.63) is 72.8 Å². The summed E-state index contributed by atoms with van der Waals surface area (Å²) < 4.78 is 5.44. The third kappa shape index (κ3) is 2.36. The van der Waals surface area contributed by atoms with Crippen LogP contribution in [-0.2, 0) is 0 Å². The summed E-state index contributed by atoms with van der Waals surface area (Å²) in [6.45, 7) is 1.69. The normalized spacial score (nSPS) is 9.71. The average molecular weight is 182 g/mol. The highest BCUT2D eigenvalue weighted by Crippen LogP contribution is 2.11. The average Bonchev–Trinajstić information content (AvgIpc) is 2.29. The minimum Gasteiger partial charge on any atom is -0.481 e. The van der Waals surface area contributed by atoms with E-state index in [-0.39, 0.29) is 0 Å². The van der Waals surface area contributed by atoms with Gasteiger partial charge in [-0.1, -0.05) is 42.5 Å². The molecule has 0 aliphatic carbocycles. The lowest BCUT2D eigenvalue weighted by Gasteiger charge is -2.03. The summed E-state index contributed by atoms with van der Waals surface area (Å²) in [6.07, 6.45) is 0. The molecule has 0 aliphatic rings. The molecule has 0 saturated heterocycles. The largest absolute Gasteiger partial charge is 0.481 e. The van der Waals surface area contributed by atoms with E-state index < -0.39 is 0 Å². The molecule has 68 valence electrons. The predicted molar refractivity (Wildman–Crippen MR) is 55.8 cm³/mol. The number of hydrogen-bond donors (Lipinski definition) is 0. The molecule has 0 bridgehead atoms. The molecule has 0 aromatic heterocycles. The summed E-state index contributed by atoms with van der Waals surface area (Å²) in [7, 11) is 0. The van der Waals surface area contributed by atoms with E-state index in [9.17, 15) is 0 Å². The summed E-state index contributed by atoms with van der Waals surface area (Å²) in [6, 6.07) is 20.4. The second kappa shape index (κ2) is 4.47. The number of para-hydroxylation sites is 1. The van der Waals surface area contributed by atoms with E-state index in [0.29, 0.717) is 0 Å². The molecule has 0 saturated carbocycles. The van der Waals surface area contributed by atoms with Gasteiger partial charge in [0.05, 0.1) is 0 Å². The van der Waals surface area contributed by atoms with Crippen molar-refractivity contribution in [2.24, 2.45) is 0 Å². The van der Waals surface area contributed by atoms with E-state index in [2.05, 4.69) is 6.07 Å². The van der Waals surface area contributed by atoms with Crippen LogP contribution in [0.15, 0.2) is 54.6 Å². The molecule has 14 heavy (non-hydrogen) atoms. The molecule has 1 heteroatoms. The Balaban J connectivity index is 1.96. The minimum absolute atomic E-state index is 0.838. The molecule has 0 spiro atoms. The van der Waals surface area contributed by atoms with Crippen molar-refractivity contribution in [2.75, 3.05) is 0 Å². The molecule has 0 aliphatic heterocycles. The van der Waals surface area contributed by atoms with Crippen molar-refractivity contribution in [1.82, 2.24) is 0 Å². The van der Waals surface area contributed by atoms with E-state index in [1.807, 2.05) is 54.6 Å². The molecule has 0 amide bonds. The Morgan fingerprint density at radius 3 is 2.43 bits per heavy atom. The van der Waals surface area contributed by atoms with Gasteiger partial charge in [0, 0.05) is 5.56 Å². The molecule has 0 unspecified atom stereocenters. The smallest absolute Gasteiger partial charge is 0.165 e. The van der Waals surface area contributed by atoms with Gasteiger partial charge in [0.15, 0.2) is 6.61 Å². The molecule has 0 N–H and O–H groups in total. The summed E-state index contributed by atoms with van der Waals surface area (Å²) in [5, 5.41) is 0. The molecular formula is C13H10O. The summed E-state index contributed by atoms with van der Waals surface area (Å²) >= 11 is 0. The Hall–Kier alpha value is -1.76. The van der Waals surface area contributed by atoms with Crippen molar-refractivity contribution in [1.29, 1.82) is 0 Å². The van der Waals surface area contributed by atoms with Gasteiger partial charge in [-0.25, -0.2) is 0 Å². The van der Waals surface area contributed by atoms with Crippen molar-refractivity contribution in [3.63, 3.8) is 0 Å². The SMILES string of the molecule is [c]1ccccc1[CH]Oc1ccccc1. The Morgan fingerprint density at radius 1 is 0.929 bits per heavy atom. The highest BCUT2D eigenvalue weighted by molar-refractivity contribution is 5.25. The van der Waals surface area contributed by atoms with Crippen LogP contribution < -0.4 is 4.74 Å². The molecule has 2 aromatic carbocycles. The third-order valence-corrected chi connectivity index (χ3v) is 1.80. The number of rotatable bonds is 3. The first-order chi connectivity index (χ1) is 6.95. The van der Waals surface area contributed by atoms with E-state index in [4.69, 9.17) is 4.74 Å². The summed E-state index contributed by atoms with van der Waals surface area (Å²) in [4.78, 5) is 0. The molecule has 0 atom stereocenters. The molecule has 1 nitrogen and oxygen atoms in total. The van der Waals surface area contributed by atoms with Gasteiger partial charge in [0.1, 0.15) is 5.75 Å². The number of benzene rings is 2. The van der Waals surface area contributed by atoms with E-state index in [0.717, 1.165) is 11.3 Å². The lowest BCUT2D eigenvalue weighted by molar-refractivity contribution is 0.428. The van der Waals surface area contributed by atoms with Crippen LogP contribution in [0.5, 0.6) is 5.75 Å². The Labute approximate surface area is 84.0 Å². The monoisotopic (exact) mass is 182 g/mol. The van der Waals surface area contributed by atoms with Crippen LogP contribution >= 0.6 is 0 Å². The van der Waals surface area contributed by atoms with Crippen molar-refractivity contribution < 1.29 is 4.74 Å². The van der Waals surface area contributed by atoms with Gasteiger partial charge in [-0.15, -0.1) is 0 Å². The van der Waals surface area contributed by atoms with E-state index >= 15 is 0 Å². The molecule has 2 rings (SSSR count). The van der Waals surface area contributed by atoms with Gasteiger partial charge in [-0.05, 0) is 18.2 Å². The number of hydrogen-bond acceptors (Lipinski definition) is 1. The van der Waals surface area contributed by atoms with Crippen LogP contribution in [0.3, 0.4) is 0 Å². The second-order valence-electron chi connectivity index (χ2n) is 2.87. The Kier molecular flexibility index (Phi) is 2.82. The zero-order chi connectivity index (χ0) is 9.64. The molecule has 2 radical (unpaired) electrons. The van der Waals surface area contributed by atoms with Crippen LogP contribution in [0.4, 0.5) is 0 Å². The highest BCUT2D eigenvalue weighted by Gasteiger charge is 1.94. The van der Waals surface area contributed by atoms with Gasteiger partial charge in [-0.2, -0.15) is 0 Å². The lowest BCUT2D eigenvalue weighted by Crippen LogP contribution is -1.91. The fourth-order valence-electron chi connectivity index (χ4n) is 1.11. The summed E-state index contributed by atoms with van der Waals surface area (Å²) in [5.41, 5.74) is 0.941. The maximum atomic E-state index is 5.44. The third-order valence-electron chi connectivity index (χ3n) is 1.80. The second-order valence-corrected chi connectivity index (χ2v) is 2.87. The van der Waals surface area contributed by atoms with E-state index in [1.54, 1.807) is 6.61 Å².